The monoisotopic (exact) mass is 424 g/mol. The van der Waals surface area contributed by atoms with Crippen molar-refractivity contribution in [1.82, 2.24) is 5.32 Å². The fourth-order valence-corrected chi connectivity index (χ4v) is 5.74. The molecule has 0 aromatic heterocycles. The summed E-state index contributed by atoms with van der Waals surface area (Å²) in [4.78, 5) is 26.9. The van der Waals surface area contributed by atoms with Crippen molar-refractivity contribution in [2.75, 3.05) is 25.7 Å². The van der Waals surface area contributed by atoms with Crippen LogP contribution < -0.4 is 19.7 Å². The maximum atomic E-state index is 13.2. The smallest absolute Gasteiger partial charge is 0.407 e. The van der Waals surface area contributed by atoms with E-state index in [4.69, 9.17) is 14.2 Å². The van der Waals surface area contributed by atoms with Gasteiger partial charge >= 0.3 is 6.09 Å². The largest absolute Gasteiger partial charge is 0.497 e. The quantitative estimate of drug-likeness (QED) is 0.500. The first kappa shape index (κ1) is 20.7. The zero-order valence-corrected chi connectivity index (χ0v) is 17.7. The van der Waals surface area contributed by atoms with Crippen molar-refractivity contribution < 1.29 is 23.8 Å². The molecule has 152 valence electrons. The second kappa shape index (κ2) is 9.47. The van der Waals surface area contributed by atoms with E-state index in [-0.39, 0.29) is 11.2 Å². The summed E-state index contributed by atoms with van der Waals surface area (Å²) >= 11 is 0. The lowest BCUT2D eigenvalue weighted by molar-refractivity contribution is -0.118. The third-order valence-corrected chi connectivity index (χ3v) is 6.96. The molecule has 0 radical (unpaired) electrons. The maximum absolute atomic E-state index is 13.2. The van der Waals surface area contributed by atoms with Crippen molar-refractivity contribution in [2.45, 2.75) is 37.5 Å². The molecule has 2 heterocycles. The van der Waals surface area contributed by atoms with Crippen LogP contribution in [0, 0.1) is 0 Å². The molecule has 2 atom stereocenters. The molecule has 1 N–H and O–H groups in total. The molecule has 0 aliphatic carbocycles. The molecular weight excluding hydrogens is 400 g/mol. The van der Waals surface area contributed by atoms with Gasteiger partial charge in [0.15, 0.2) is 0 Å². The summed E-state index contributed by atoms with van der Waals surface area (Å²) < 4.78 is 15.9. The van der Waals surface area contributed by atoms with E-state index < -0.39 is 12.1 Å². The topological polar surface area (TPSA) is 77.1 Å². The number of carbonyl (C=O) groups is 2. The van der Waals surface area contributed by atoms with Crippen LogP contribution in [0.5, 0.6) is 11.5 Å². The molecule has 2 aliphatic rings. The van der Waals surface area contributed by atoms with Gasteiger partial charge in [-0.25, -0.2) is 4.79 Å². The minimum absolute atomic E-state index is 0.174. The van der Waals surface area contributed by atoms with Crippen molar-refractivity contribution in [3.63, 3.8) is 0 Å². The Morgan fingerprint density at radius 2 is 2.07 bits per heavy atom. The van der Waals surface area contributed by atoms with Crippen LogP contribution in [-0.4, -0.2) is 44.1 Å². The van der Waals surface area contributed by atoms with Crippen LogP contribution in [0.2, 0.25) is 0 Å². The van der Waals surface area contributed by atoms with Crippen molar-refractivity contribution >= 4 is 39.3 Å². The van der Waals surface area contributed by atoms with Crippen molar-refractivity contribution in [3.05, 3.63) is 29.3 Å². The number of hydrogen-bond acceptors (Lipinski definition) is 7. The average molecular weight is 425 g/mol. The summed E-state index contributed by atoms with van der Waals surface area (Å²) in [5.41, 5.74) is 1.45. The number of amides is 2. The SMILES string of the molecule is CCCCCOC(=O)NC1C(=O)N(c2ccc(OC)cc2OC)C2=CSSC21. The molecule has 0 saturated carbocycles. The zero-order chi connectivity index (χ0) is 20.1. The van der Waals surface area contributed by atoms with Crippen molar-refractivity contribution in [2.24, 2.45) is 0 Å². The molecule has 2 aliphatic heterocycles. The summed E-state index contributed by atoms with van der Waals surface area (Å²) in [6.07, 6.45) is 2.31. The zero-order valence-electron chi connectivity index (χ0n) is 16.1. The number of hydrogen-bond donors (Lipinski definition) is 1. The number of nitrogens with zero attached hydrogens (tertiary/aromatic N) is 1. The molecule has 2 unspecified atom stereocenters. The first-order valence-electron chi connectivity index (χ1n) is 9.12. The highest BCUT2D eigenvalue weighted by molar-refractivity contribution is 8.78. The Balaban J connectivity index is 1.78. The van der Waals surface area contributed by atoms with E-state index >= 15 is 0 Å². The Morgan fingerprint density at radius 3 is 2.79 bits per heavy atom. The molecule has 0 bridgehead atoms. The molecule has 1 aromatic rings. The highest BCUT2D eigenvalue weighted by Crippen LogP contribution is 2.50. The third kappa shape index (κ3) is 4.20. The number of anilines is 1. The lowest BCUT2D eigenvalue weighted by Crippen LogP contribution is -2.45. The fourth-order valence-electron chi connectivity index (χ4n) is 3.11. The van der Waals surface area contributed by atoms with Gasteiger partial charge in [0.05, 0.1) is 31.8 Å². The predicted octanol–water partition coefficient (Wildman–Crippen LogP) is 3.94. The van der Waals surface area contributed by atoms with Crippen LogP contribution in [0.15, 0.2) is 29.3 Å². The second-order valence-electron chi connectivity index (χ2n) is 6.33. The highest BCUT2D eigenvalue weighted by Gasteiger charge is 2.49. The number of carbonyl (C=O) groups excluding carboxylic acids is 2. The van der Waals surface area contributed by atoms with Crippen LogP contribution in [-0.2, 0) is 9.53 Å². The number of alkyl carbamates (subject to hydrolysis) is 1. The Morgan fingerprint density at radius 1 is 1.25 bits per heavy atom. The van der Waals surface area contributed by atoms with E-state index in [1.54, 1.807) is 58.9 Å². The molecule has 7 nitrogen and oxygen atoms in total. The predicted molar refractivity (Wildman–Crippen MR) is 112 cm³/mol. The van der Waals surface area contributed by atoms with E-state index in [0.717, 1.165) is 25.0 Å². The van der Waals surface area contributed by atoms with Crippen LogP contribution in [0.4, 0.5) is 10.5 Å². The van der Waals surface area contributed by atoms with Crippen LogP contribution >= 0.6 is 21.6 Å². The molecule has 2 amide bonds. The lowest BCUT2D eigenvalue weighted by Gasteiger charge is -2.21. The molecule has 3 rings (SSSR count). The van der Waals surface area contributed by atoms with Gasteiger partial charge in [-0.2, -0.15) is 0 Å². The number of methoxy groups -OCH3 is 2. The van der Waals surface area contributed by atoms with Crippen LogP contribution in [0.1, 0.15) is 26.2 Å². The average Bonchev–Trinajstić information content (AvgIpc) is 3.27. The Kier molecular flexibility index (Phi) is 7.01. The van der Waals surface area contributed by atoms with Gasteiger partial charge in [-0.15, -0.1) is 0 Å². The number of rotatable bonds is 8. The summed E-state index contributed by atoms with van der Waals surface area (Å²) in [6, 6.07) is 4.61. The molecule has 1 saturated heterocycles. The van der Waals surface area contributed by atoms with Gasteiger partial charge in [0.1, 0.15) is 17.5 Å². The number of nitrogens with one attached hydrogen (secondary N) is 1. The summed E-state index contributed by atoms with van der Waals surface area (Å²) in [6.45, 7) is 2.44. The number of fused-ring (bicyclic) bond motifs is 1. The molecule has 0 spiro atoms. The molecule has 9 heteroatoms. The van der Waals surface area contributed by atoms with Gasteiger partial charge < -0.3 is 19.5 Å². The Hall–Kier alpha value is -2.00. The fraction of sp³-hybridized carbons (Fsp3) is 0.474. The number of benzene rings is 1. The molecule has 28 heavy (non-hydrogen) atoms. The highest BCUT2D eigenvalue weighted by atomic mass is 33.1. The summed E-state index contributed by atoms with van der Waals surface area (Å²) in [5.74, 6) is 0.952. The summed E-state index contributed by atoms with van der Waals surface area (Å²) in [5, 5.41) is 4.51. The van der Waals surface area contributed by atoms with E-state index in [2.05, 4.69) is 12.2 Å². The van der Waals surface area contributed by atoms with E-state index in [1.165, 1.54) is 0 Å². The Labute approximate surface area is 172 Å². The van der Waals surface area contributed by atoms with Crippen LogP contribution in [0.25, 0.3) is 0 Å². The van der Waals surface area contributed by atoms with Crippen LogP contribution in [0.3, 0.4) is 0 Å². The van der Waals surface area contributed by atoms with Gasteiger partial charge in [-0.1, -0.05) is 41.4 Å². The first-order valence-corrected chi connectivity index (χ1v) is 11.4. The van der Waals surface area contributed by atoms with Gasteiger partial charge in [0.2, 0.25) is 0 Å². The lowest BCUT2D eigenvalue weighted by atomic mass is 10.2. The van der Waals surface area contributed by atoms with Gasteiger partial charge in [0.25, 0.3) is 5.91 Å². The first-order chi connectivity index (χ1) is 13.6. The molecule has 1 aromatic carbocycles. The number of unbranched alkanes of at least 4 members (excludes halogenated alkanes) is 2. The minimum atomic E-state index is -0.684. The van der Waals surface area contributed by atoms with Crippen molar-refractivity contribution in [3.8, 4) is 11.5 Å². The summed E-state index contributed by atoms with van der Waals surface area (Å²) in [7, 11) is 6.21. The van der Waals surface area contributed by atoms with Crippen molar-refractivity contribution in [1.29, 1.82) is 0 Å². The Bertz CT molecular complexity index is 771. The molecule has 1 fully saturated rings. The second-order valence-corrected chi connectivity index (χ2v) is 8.62. The third-order valence-electron chi connectivity index (χ3n) is 4.55. The maximum Gasteiger partial charge on any atom is 0.407 e. The minimum Gasteiger partial charge on any atom is -0.497 e. The molecular formula is C19H24N2O5S2. The van der Waals surface area contributed by atoms with E-state index in [0.29, 0.717) is 23.8 Å². The van der Waals surface area contributed by atoms with Gasteiger partial charge in [0, 0.05) is 17.2 Å². The normalized spacial score (nSPS) is 20.6. The van der Waals surface area contributed by atoms with E-state index in [1.807, 2.05) is 5.41 Å². The van der Waals surface area contributed by atoms with Gasteiger partial charge in [-0.3, -0.25) is 9.69 Å². The van der Waals surface area contributed by atoms with Gasteiger partial charge in [-0.05, 0) is 18.6 Å². The van der Waals surface area contributed by atoms with E-state index in [9.17, 15) is 9.59 Å². The standard InChI is InChI=1S/C19H24N2O5S2/c1-4-5-6-9-26-19(23)20-16-17-14(11-27-28-17)21(18(16)22)13-8-7-12(24-2)10-15(13)25-3/h7-8,10-11,16-17H,4-6,9H2,1-3H3,(H,20,23). The number of ether oxygens (including phenoxy) is 3.